The summed E-state index contributed by atoms with van der Waals surface area (Å²) in [5.74, 6) is 0.311. The summed E-state index contributed by atoms with van der Waals surface area (Å²) in [6.45, 7) is 10.2. The van der Waals surface area contributed by atoms with Crippen molar-refractivity contribution in [2.45, 2.75) is 65.1 Å². The van der Waals surface area contributed by atoms with Crippen LogP contribution in [0.4, 0.5) is 4.79 Å². The average molecular weight is 345 g/mol. The normalized spacial score (nSPS) is 21.4. The van der Waals surface area contributed by atoms with Crippen LogP contribution < -0.4 is 11.1 Å². The fraction of sp³-hybridized carbons (Fsp3) is 0.600. The number of benzene rings is 1. The zero-order valence-electron chi connectivity index (χ0n) is 16.0. The third-order valence-corrected chi connectivity index (χ3v) is 4.86. The van der Waals surface area contributed by atoms with Gasteiger partial charge in [-0.05, 0) is 36.7 Å². The van der Waals surface area contributed by atoms with Gasteiger partial charge >= 0.3 is 6.03 Å². The third-order valence-electron chi connectivity index (χ3n) is 4.86. The molecular formula is C20H31N3O2. The molecule has 0 saturated carbocycles. The van der Waals surface area contributed by atoms with Crippen molar-refractivity contribution < 1.29 is 9.59 Å². The number of urea groups is 1. The molecule has 5 heteroatoms. The zero-order valence-corrected chi connectivity index (χ0v) is 16.0. The summed E-state index contributed by atoms with van der Waals surface area (Å²) in [5.41, 5.74) is 5.48. The van der Waals surface area contributed by atoms with Crippen LogP contribution in [0.2, 0.25) is 0 Å². The lowest BCUT2D eigenvalue weighted by Crippen LogP contribution is -2.60. The smallest absolute Gasteiger partial charge is 0.319 e. The highest BCUT2D eigenvalue weighted by atomic mass is 16.2. The van der Waals surface area contributed by atoms with E-state index in [1.165, 1.54) is 4.90 Å². The van der Waals surface area contributed by atoms with Crippen LogP contribution in [-0.2, 0) is 10.3 Å². The van der Waals surface area contributed by atoms with Crippen molar-refractivity contribution in [1.29, 1.82) is 0 Å². The summed E-state index contributed by atoms with van der Waals surface area (Å²) in [7, 11) is 0. The Morgan fingerprint density at radius 1 is 1.08 bits per heavy atom. The molecular weight excluding hydrogens is 314 g/mol. The van der Waals surface area contributed by atoms with Gasteiger partial charge in [0.15, 0.2) is 0 Å². The second-order valence-electron chi connectivity index (χ2n) is 8.00. The number of hydrogen-bond donors (Lipinski definition) is 2. The quantitative estimate of drug-likeness (QED) is 0.742. The van der Waals surface area contributed by atoms with Crippen LogP contribution in [-0.4, -0.2) is 22.5 Å². The first kappa shape index (κ1) is 19.4. The van der Waals surface area contributed by atoms with Gasteiger partial charge in [0.25, 0.3) is 5.91 Å². The molecule has 1 saturated heterocycles. The predicted molar refractivity (Wildman–Crippen MR) is 99.6 cm³/mol. The number of rotatable bonds is 7. The fourth-order valence-electron chi connectivity index (χ4n) is 4.02. The minimum absolute atomic E-state index is 0.241. The Bertz CT molecular complexity index is 617. The number of carbonyl (C=O) groups excluding carboxylic acids is 2. The minimum atomic E-state index is -1.03. The average Bonchev–Trinajstić information content (AvgIpc) is 2.78. The molecule has 1 aliphatic rings. The Morgan fingerprint density at radius 2 is 1.60 bits per heavy atom. The number of nitrogens with two attached hydrogens (primary N) is 1. The van der Waals surface area contributed by atoms with E-state index in [9.17, 15) is 9.59 Å². The first-order chi connectivity index (χ1) is 11.7. The van der Waals surface area contributed by atoms with E-state index in [2.05, 4.69) is 33.0 Å². The van der Waals surface area contributed by atoms with E-state index in [4.69, 9.17) is 5.73 Å². The van der Waals surface area contributed by atoms with E-state index in [1.807, 2.05) is 37.3 Å². The highest BCUT2D eigenvalue weighted by molar-refractivity contribution is 6.08. The molecule has 1 unspecified atom stereocenters. The molecule has 1 aromatic carbocycles. The Balaban J connectivity index is 2.48. The van der Waals surface area contributed by atoms with Gasteiger partial charge in [-0.25, -0.2) is 9.69 Å². The van der Waals surface area contributed by atoms with Gasteiger partial charge < -0.3 is 11.1 Å². The van der Waals surface area contributed by atoms with E-state index in [-0.39, 0.29) is 23.8 Å². The molecule has 1 atom stereocenters. The van der Waals surface area contributed by atoms with Crippen LogP contribution in [0.5, 0.6) is 0 Å². The molecule has 3 N–H and O–H groups in total. The second-order valence-corrected chi connectivity index (χ2v) is 8.00. The summed E-state index contributed by atoms with van der Waals surface area (Å²) in [6, 6.07) is 9.04. The van der Waals surface area contributed by atoms with Gasteiger partial charge in [0.05, 0.1) is 0 Å². The monoisotopic (exact) mass is 345 g/mol. The number of hydrogen-bond acceptors (Lipinski definition) is 3. The van der Waals surface area contributed by atoms with Crippen molar-refractivity contribution in [3.8, 4) is 0 Å². The van der Waals surface area contributed by atoms with Gasteiger partial charge in [-0.15, -0.1) is 0 Å². The molecule has 0 bridgehead atoms. The second kappa shape index (κ2) is 7.16. The van der Waals surface area contributed by atoms with Crippen LogP contribution in [0.3, 0.4) is 0 Å². The van der Waals surface area contributed by atoms with Gasteiger partial charge in [0, 0.05) is 0 Å². The molecule has 0 radical (unpaired) electrons. The molecule has 0 aromatic heterocycles. The first-order valence-corrected chi connectivity index (χ1v) is 9.17. The van der Waals surface area contributed by atoms with Gasteiger partial charge in [-0.3, -0.25) is 4.79 Å². The molecule has 0 spiro atoms. The number of nitrogens with zero attached hydrogens (tertiary/aromatic N) is 1. The standard InChI is InChI=1S/C20H31N3O2/c1-6-20(16-10-8-7-9-11-16)17(24)23(18(25)22-20)19(21,12-14(2)3)13-15(4)5/h7-11,14-15H,6,12-13,21H2,1-5H3,(H,22,25). The van der Waals surface area contributed by atoms with Gasteiger partial charge in [-0.2, -0.15) is 0 Å². The Hall–Kier alpha value is -1.88. The molecule has 0 aliphatic carbocycles. The molecule has 3 amide bonds. The highest BCUT2D eigenvalue weighted by Crippen LogP contribution is 2.38. The van der Waals surface area contributed by atoms with E-state index in [0.29, 0.717) is 19.3 Å². The lowest BCUT2D eigenvalue weighted by molar-refractivity contribution is -0.137. The summed E-state index contributed by atoms with van der Waals surface area (Å²) in [5, 5.41) is 2.94. The van der Waals surface area contributed by atoms with Crippen molar-refractivity contribution in [3.05, 3.63) is 35.9 Å². The van der Waals surface area contributed by atoms with Gasteiger partial charge in [-0.1, -0.05) is 65.0 Å². The molecule has 138 valence electrons. The number of imide groups is 1. The Morgan fingerprint density at radius 3 is 2.04 bits per heavy atom. The first-order valence-electron chi connectivity index (χ1n) is 9.17. The summed E-state index contributed by atoms with van der Waals surface area (Å²) in [6.07, 6.45) is 1.65. The SMILES string of the molecule is CCC1(c2ccccc2)NC(=O)N(C(N)(CC(C)C)CC(C)C)C1=O. The Labute approximate surface area is 151 Å². The predicted octanol–water partition coefficient (Wildman–Crippen LogP) is 3.59. The van der Waals surface area contributed by atoms with E-state index < -0.39 is 11.2 Å². The molecule has 1 aromatic rings. The molecule has 1 aliphatic heterocycles. The van der Waals surface area contributed by atoms with Crippen LogP contribution in [0.25, 0.3) is 0 Å². The molecule has 25 heavy (non-hydrogen) atoms. The Kier molecular flexibility index (Phi) is 5.57. The van der Waals surface area contributed by atoms with Gasteiger partial charge in [0.1, 0.15) is 11.2 Å². The highest BCUT2D eigenvalue weighted by Gasteiger charge is 2.56. The zero-order chi connectivity index (χ0) is 18.8. The topological polar surface area (TPSA) is 75.4 Å². The largest absolute Gasteiger partial charge is 0.326 e. The summed E-state index contributed by atoms with van der Waals surface area (Å²) >= 11 is 0. The maximum Gasteiger partial charge on any atom is 0.326 e. The molecule has 2 rings (SSSR count). The summed E-state index contributed by atoms with van der Waals surface area (Å²) in [4.78, 5) is 27.6. The van der Waals surface area contributed by atoms with Crippen LogP contribution in [0.1, 0.15) is 59.4 Å². The van der Waals surface area contributed by atoms with Crippen LogP contribution in [0, 0.1) is 11.8 Å². The van der Waals surface area contributed by atoms with Crippen molar-refractivity contribution >= 4 is 11.9 Å². The minimum Gasteiger partial charge on any atom is -0.319 e. The molecule has 5 nitrogen and oxygen atoms in total. The molecule has 1 fully saturated rings. The van der Waals surface area contributed by atoms with Crippen LogP contribution in [0.15, 0.2) is 30.3 Å². The maximum atomic E-state index is 13.4. The number of carbonyl (C=O) groups is 2. The van der Waals surface area contributed by atoms with Crippen LogP contribution >= 0.6 is 0 Å². The van der Waals surface area contributed by atoms with E-state index >= 15 is 0 Å². The maximum absolute atomic E-state index is 13.4. The van der Waals surface area contributed by atoms with E-state index in [0.717, 1.165) is 5.56 Å². The van der Waals surface area contributed by atoms with Crippen molar-refractivity contribution in [2.24, 2.45) is 17.6 Å². The van der Waals surface area contributed by atoms with Crippen molar-refractivity contribution in [3.63, 3.8) is 0 Å². The fourth-order valence-corrected chi connectivity index (χ4v) is 4.02. The van der Waals surface area contributed by atoms with Gasteiger partial charge in [0.2, 0.25) is 0 Å². The van der Waals surface area contributed by atoms with Crippen molar-refractivity contribution in [2.75, 3.05) is 0 Å². The number of nitrogens with one attached hydrogen (secondary N) is 1. The third kappa shape index (κ3) is 3.56. The lowest BCUT2D eigenvalue weighted by atomic mass is 9.84. The van der Waals surface area contributed by atoms with E-state index in [1.54, 1.807) is 0 Å². The summed E-state index contributed by atoms with van der Waals surface area (Å²) < 4.78 is 0. The number of amides is 3. The lowest BCUT2D eigenvalue weighted by Gasteiger charge is -2.39. The van der Waals surface area contributed by atoms with Crippen molar-refractivity contribution in [1.82, 2.24) is 10.2 Å². The molecule has 1 heterocycles.